The van der Waals surface area contributed by atoms with Crippen LogP contribution < -0.4 is 15.4 Å². The van der Waals surface area contributed by atoms with Gasteiger partial charge in [0, 0.05) is 38.5 Å². The summed E-state index contributed by atoms with van der Waals surface area (Å²) < 4.78 is 45.6. The van der Waals surface area contributed by atoms with Crippen molar-refractivity contribution in [1.29, 1.82) is 5.26 Å². The van der Waals surface area contributed by atoms with Crippen LogP contribution in [0.1, 0.15) is 58.4 Å². The van der Waals surface area contributed by atoms with Gasteiger partial charge in [0.05, 0.1) is 23.4 Å². The number of likely N-dealkylation sites (tertiary alicyclic amines) is 1. The number of ether oxygens (including phenoxy) is 1. The molecular formula is C31H32F3N5O2. The third kappa shape index (κ3) is 7.04. The number of carbonyl (C=O) groups is 1. The number of carbonyl (C=O) groups excluding carboxylic acids is 1. The van der Waals surface area contributed by atoms with Crippen molar-refractivity contribution >= 4 is 5.91 Å². The van der Waals surface area contributed by atoms with E-state index in [2.05, 4.69) is 26.6 Å². The number of alkyl halides is 3. The number of halogens is 3. The number of aromatic nitrogens is 1. The number of nitrogens with one attached hydrogen (secondary N) is 2. The van der Waals surface area contributed by atoms with Gasteiger partial charge in [-0.05, 0) is 73.5 Å². The first-order valence-corrected chi connectivity index (χ1v) is 13.8. The fourth-order valence-electron chi connectivity index (χ4n) is 5.48. The summed E-state index contributed by atoms with van der Waals surface area (Å²) in [5, 5.41) is 15.3. The third-order valence-corrected chi connectivity index (χ3v) is 7.84. The highest BCUT2D eigenvalue weighted by molar-refractivity contribution is 5.92. The maximum atomic E-state index is 13.1. The number of nitriles is 1. The first-order valence-electron chi connectivity index (χ1n) is 13.8. The SMILES string of the molecule is N#Cc1ccc(CN2CCC(NC(=O)c3ccc(OC4(c5ccc(C(F)(F)F)cc5)CCNCC4)cn3)CC2)cc1. The number of benzene rings is 2. The molecule has 0 unspecified atom stereocenters. The molecule has 0 saturated carbocycles. The van der Waals surface area contributed by atoms with Crippen LogP contribution in [0.3, 0.4) is 0 Å². The Morgan fingerprint density at radius 1 is 1.05 bits per heavy atom. The van der Waals surface area contributed by atoms with E-state index in [0.29, 0.717) is 42.8 Å². The van der Waals surface area contributed by atoms with E-state index in [1.807, 2.05) is 24.3 Å². The maximum absolute atomic E-state index is 13.1. The van der Waals surface area contributed by atoms with E-state index < -0.39 is 17.3 Å². The van der Waals surface area contributed by atoms with Gasteiger partial charge in [-0.15, -0.1) is 0 Å². The van der Waals surface area contributed by atoms with Gasteiger partial charge in [-0.25, -0.2) is 4.98 Å². The Labute approximate surface area is 237 Å². The van der Waals surface area contributed by atoms with E-state index >= 15 is 0 Å². The van der Waals surface area contributed by atoms with Crippen LogP contribution in [-0.4, -0.2) is 48.0 Å². The Morgan fingerprint density at radius 3 is 2.32 bits per heavy atom. The van der Waals surface area contributed by atoms with Crippen molar-refractivity contribution in [1.82, 2.24) is 20.5 Å². The second kappa shape index (κ2) is 12.3. The molecule has 0 spiro atoms. The predicted octanol–water partition coefficient (Wildman–Crippen LogP) is 5.02. The number of rotatable bonds is 7. The molecule has 5 rings (SSSR count). The van der Waals surface area contributed by atoms with Crippen LogP contribution in [0.15, 0.2) is 66.9 Å². The van der Waals surface area contributed by atoms with Crippen LogP contribution in [0.5, 0.6) is 5.75 Å². The van der Waals surface area contributed by atoms with Crippen LogP contribution in [0, 0.1) is 11.3 Å². The molecule has 3 aromatic rings. The highest BCUT2D eigenvalue weighted by atomic mass is 19.4. The number of amides is 1. The Hall–Kier alpha value is -3.94. The van der Waals surface area contributed by atoms with E-state index in [0.717, 1.165) is 50.2 Å². The molecule has 1 aromatic heterocycles. The predicted molar refractivity (Wildman–Crippen MR) is 147 cm³/mol. The van der Waals surface area contributed by atoms with Gasteiger partial charge in [-0.3, -0.25) is 9.69 Å². The molecule has 1 amide bonds. The normalized spacial score (nSPS) is 17.9. The van der Waals surface area contributed by atoms with Gasteiger partial charge >= 0.3 is 6.18 Å². The summed E-state index contributed by atoms with van der Waals surface area (Å²) in [6.45, 7) is 3.85. The lowest BCUT2D eigenvalue weighted by Gasteiger charge is -2.38. The monoisotopic (exact) mass is 563 g/mol. The Bertz CT molecular complexity index is 1360. The summed E-state index contributed by atoms with van der Waals surface area (Å²) in [4.78, 5) is 19.6. The van der Waals surface area contributed by atoms with Crippen LogP contribution >= 0.6 is 0 Å². The lowest BCUT2D eigenvalue weighted by molar-refractivity contribution is -0.137. The molecule has 10 heteroatoms. The van der Waals surface area contributed by atoms with Gasteiger partial charge in [0.2, 0.25) is 0 Å². The molecule has 2 N–H and O–H groups in total. The Morgan fingerprint density at radius 2 is 1.73 bits per heavy atom. The number of hydrogen-bond donors (Lipinski definition) is 2. The number of pyridine rings is 1. The van der Waals surface area contributed by atoms with Crippen LogP contribution in [-0.2, 0) is 18.3 Å². The summed E-state index contributed by atoms with van der Waals surface area (Å²) >= 11 is 0. The zero-order valence-corrected chi connectivity index (χ0v) is 22.6. The molecule has 7 nitrogen and oxygen atoms in total. The van der Waals surface area contributed by atoms with E-state index in [1.165, 1.54) is 18.3 Å². The van der Waals surface area contributed by atoms with Crippen molar-refractivity contribution < 1.29 is 22.7 Å². The fraction of sp³-hybridized carbons (Fsp3) is 0.387. The van der Waals surface area contributed by atoms with Gasteiger partial charge in [0.15, 0.2) is 0 Å². The summed E-state index contributed by atoms with van der Waals surface area (Å²) in [5.74, 6) is 0.209. The second-order valence-electron chi connectivity index (χ2n) is 10.6. The quantitative estimate of drug-likeness (QED) is 0.420. The zero-order valence-electron chi connectivity index (χ0n) is 22.6. The molecule has 2 aliphatic rings. The standard InChI is InChI=1S/C31H32F3N5O2/c32-31(33,34)25-7-5-24(6-8-25)30(13-15-36-16-14-30)41-27-9-10-28(37-20-27)29(40)38-26-11-17-39(18-12-26)21-23-3-1-22(19-35)2-4-23/h1-10,20,26,36H,11-18,21H2,(H,38,40). The van der Waals surface area contributed by atoms with Gasteiger partial charge in [0.1, 0.15) is 17.0 Å². The summed E-state index contributed by atoms with van der Waals surface area (Å²) in [7, 11) is 0. The van der Waals surface area contributed by atoms with Crippen LogP contribution in [0.25, 0.3) is 0 Å². The lowest BCUT2D eigenvalue weighted by Crippen LogP contribution is -2.44. The topological polar surface area (TPSA) is 90.3 Å². The molecule has 0 radical (unpaired) electrons. The second-order valence-corrected chi connectivity index (χ2v) is 10.6. The third-order valence-electron chi connectivity index (χ3n) is 7.84. The van der Waals surface area contributed by atoms with Gasteiger partial charge in [-0.1, -0.05) is 24.3 Å². The molecule has 2 aromatic carbocycles. The van der Waals surface area contributed by atoms with Crippen molar-refractivity contribution in [3.8, 4) is 11.8 Å². The van der Waals surface area contributed by atoms with Crippen LogP contribution in [0.4, 0.5) is 13.2 Å². The van der Waals surface area contributed by atoms with E-state index in [1.54, 1.807) is 12.1 Å². The molecule has 0 aliphatic carbocycles. The van der Waals surface area contributed by atoms with Crippen molar-refractivity contribution in [2.45, 2.75) is 50.0 Å². The van der Waals surface area contributed by atoms with Crippen molar-refractivity contribution in [2.75, 3.05) is 26.2 Å². The molecule has 41 heavy (non-hydrogen) atoms. The molecule has 2 fully saturated rings. The van der Waals surface area contributed by atoms with Crippen molar-refractivity contribution in [3.05, 3.63) is 94.8 Å². The van der Waals surface area contributed by atoms with E-state index in [9.17, 15) is 18.0 Å². The summed E-state index contributed by atoms with van der Waals surface area (Å²) in [5.41, 5.74) is 1.29. The summed E-state index contributed by atoms with van der Waals surface area (Å²) in [6.07, 6.45) is -0.0676. The smallest absolute Gasteiger partial charge is 0.416 e. The molecule has 3 heterocycles. The van der Waals surface area contributed by atoms with Crippen LogP contribution in [0.2, 0.25) is 0 Å². The van der Waals surface area contributed by atoms with Gasteiger partial charge in [0.25, 0.3) is 5.91 Å². The lowest BCUT2D eigenvalue weighted by atomic mass is 9.84. The Kier molecular flexibility index (Phi) is 8.57. The molecule has 214 valence electrons. The van der Waals surface area contributed by atoms with E-state index in [4.69, 9.17) is 10.00 Å². The van der Waals surface area contributed by atoms with Crippen molar-refractivity contribution in [2.24, 2.45) is 0 Å². The largest absolute Gasteiger partial charge is 0.481 e. The fourth-order valence-corrected chi connectivity index (χ4v) is 5.48. The first-order chi connectivity index (χ1) is 19.7. The summed E-state index contributed by atoms with van der Waals surface area (Å²) in [6, 6.07) is 18.2. The molecule has 2 saturated heterocycles. The minimum absolute atomic E-state index is 0.0510. The number of nitrogens with zero attached hydrogens (tertiary/aromatic N) is 3. The highest BCUT2D eigenvalue weighted by Crippen LogP contribution is 2.38. The molecule has 0 bridgehead atoms. The average molecular weight is 564 g/mol. The van der Waals surface area contributed by atoms with Crippen molar-refractivity contribution in [3.63, 3.8) is 0 Å². The average Bonchev–Trinajstić information content (AvgIpc) is 2.99. The van der Waals surface area contributed by atoms with Gasteiger partial charge < -0.3 is 15.4 Å². The maximum Gasteiger partial charge on any atom is 0.416 e. The number of hydrogen-bond acceptors (Lipinski definition) is 6. The molecule has 2 aliphatic heterocycles. The van der Waals surface area contributed by atoms with E-state index in [-0.39, 0.29) is 17.6 Å². The molecule has 0 atom stereocenters. The minimum Gasteiger partial charge on any atom is -0.481 e. The number of piperidine rings is 2. The zero-order chi connectivity index (χ0) is 28.9. The molecular weight excluding hydrogens is 531 g/mol. The van der Waals surface area contributed by atoms with Gasteiger partial charge in [-0.2, -0.15) is 18.4 Å². The Balaban J connectivity index is 1.16. The first kappa shape index (κ1) is 28.6. The minimum atomic E-state index is -4.40. The highest BCUT2D eigenvalue weighted by Gasteiger charge is 2.38.